The van der Waals surface area contributed by atoms with Gasteiger partial charge >= 0.3 is 0 Å². The monoisotopic (exact) mass is 502 g/mol. The van der Waals surface area contributed by atoms with E-state index in [-0.39, 0.29) is 9.79 Å². The summed E-state index contributed by atoms with van der Waals surface area (Å²) in [5.74, 6) is -0.000648. The highest BCUT2D eigenvalue weighted by Crippen LogP contribution is 2.25. The fourth-order valence-corrected chi connectivity index (χ4v) is 5.34. The number of sulfonamides is 1. The van der Waals surface area contributed by atoms with E-state index in [0.29, 0.717) is 17.0 Å². The number of carbonyl (C=O) groups is 1. The van der Waals surface area contributed by atoms with E-state index < -0.39 is 38.4 Å². The molecule has 0 aliphatic rings. The second-order valence-electron chi connectivity index (χ2n) is 7.65. The third-order valence-corrected chi connectivity index (χ3v) is 8.08. The van der Waals surface area contributed by atoms with Gasteiger partial charge in [-0.3, -0.25) is 9.10 Å². The molecule has 0 bridgehead atoms. The zero-order valence-corrected chi connectivity index (χ0v) is 20.6. The van der Waals surface area contributed by atoms with Crippen molar-refractivity contribution >= 4 is 31.5 Å². The van der Waals surface area contributed by atoms with Gasteiger partial charge in [0.2, 0.25) is 5.91 Å². The van der Waals surface area contributed by atoms with Crippen molar-refractivity contribution in [1.82, 2.24) is 5.32 Å². The van der Waals surface area contributed by atoms with Gasteiger partial charge in [0.05, 0.1) is 28.6 Å². The second-order valence-corrected chi connectivity index (χ2v) is 11.5. The number of amides is 1. The lowest BCUT2D eigenvalue weighted by Crippen LogP contribution is -2.41. The number of hydrogen-bond acceptors (Lipinski definition) is 6. The highest BCUT2D eigenvalue weighted by Gasteiger charge is 2.27. The van der Waals surface area contributed by atoms with Crippen LogP contribution in [0.15, 0.2) is 88.7 Å². The molecule has 0 aromatic heterocycles. The summed E-state index contributed by atoms with van der Waals surface area (Å²) in [5, 5.41) is 2.78. The van der Waals surface area contributed by atoms with Gasteiger partial charge in [0.25, 0.3) is 10.0 Å². The van der Waals surface area contributed by atoms with Gasteiger partial charge in [-0.1, -0.05) is 30.3 Å². The Bertz CT molecular complexity index is 1340. The van der Waals surface area contributed by atoms with Gasteiger partial charge in [0.1, 0.15) is 12.3 Å². The second kappa shape index (κ2) is 10.3. The summed E-state index contributed by atoms with van der Waals surface area (Å²) in [6.07, 6.45) is 1.12. The molecular formula is C24H26N2O6S2. The van der Waals surface area contributed by atoms with Crippen molar-refractivity contribution < 1.29 is 26.4 Å². The first-order chi connectivity index (χ1) is 16.0. The van der Waals surface area contributed by atoms with Crippen molar-refractivity contribution in [3.05, 3.63) is 84.4 Å². The molecule has 8 nitrogen and oxygen atoms in total. The van der Waals surface area contributed by atoms with Gasteiger partial charge in [-0.15, -0.1) is 0 Å². The number of hydrogen-bond donors (Lipinski definition) is 1. The van der Waals surface area contributed by atoms with Crippen molar-refractivity contribution in [2.45, 2.75) is 22.8 Å². The number of benzene rings is 3. The van der Waals surface area contributed by atoms with Crippen LogP contribution in [0, 0.1) is 0 Å². The summed E-state index contributed by atoms with van der Waals surface area (Å²) >= 11 is 0. The summed E-state index contributed by atoms with van der Waals surface area (Å²) in [7, 11) is -5.89. The van der Waals surface area contributed by atoms with Crippen LogP contribution in [0.3, 0.4) is 0 Å². The molecule has 0 aliphatic carbocycles. The molecular weight excluding hydrogens is 476 g/mol. The minimum atomic E-state index is -4.05. The van der Waals surface area contributed by atoms with E-state index in [1.54, 1.807) is 61.5 Å². The van der Waals surface area contributed by atoms with Crippen LogP contribution in [0.5, 0.6) is 5.75 Å². The van der Waals surface area contributed by atoms with Crippen molar-refractivity contribution in [2.24, 2.45) is 0 Å². The van der Waals surface area contributed by atoms with Gasteiger partial charge in [-0.25, -0.2) is 16.8 Å². The molecule has 10 heteroatoms. The Balaban J connectivity index is 1.83. The molecule has 0 fully saturated rings. The fourth-order valence-electron chi connectivity index (χ4n) is 3.29. The number of rotatable bonds is 9. The molecule has 1 atom stereocenters. The number of carbonyl (C=O) groups excluding carboxylic acids is 1. The van der Waals surface area contributed by atoms with E-state index in [1.165, 1.54) is 31.4 Å². The number of methoxy groups -OCH3 is 1. The maximum atomic E-state index is 13.4. The molecule has 3 aromatic carbocycles. The lowest BCUT2D eigenvalue weighted by Gasteiger charge is -2.25. The summed E-state index contributed by atoms with van der Waals surface area (Å²) in [4.78, 5) is 13.1. The Hall–Kier alpha value is -3.37. The van der Waals surface area contributed by atoms with Gasteiger partial charge in [0, 0.05) is 6.26 Å². The minimum absolute atomic E-state index is 0.0226. The zero-order chi connectivity index (χ0) is 24.9. The Kier molecular flexibility index (Phi) is 7.63. The van der Waals surface area contributed by atoms with E-state index in [2.05, 4.69) is 5.32 Å². The lowest BCUT2D eigenvalue weighted by molar-refractivity contribution is -0.120. The van der Waals surface area contributed by atoms with Crippen LogP contribution in [0.1, 0.15) is 18.5 Å². The van der Waals surface area contributed by atoms with Crippen molar-refractivity contribution in [2.75, 3.05) is 24.2 Å². The maximum Gasteiger partial charge on any atom is 0.264 e. The minimum Gasteiger partial charge on any atom is -0.497 e. The molecule has 0 saturated heterocycles. The Morgan fingerprint density at radius 2 is 1.44 bits per heavy atom. The predicted molar refractivity (Wildman–Crippen MR) is 130 cm³/mol. The van der Waals surface area contributed by atoms with E-state index in [9.17, 15) is 21.6 Å². The molecule has 0 unspecified atom stereocenters. The smallest absolute Gasteiger partial charge is 0.264 e. The van der Waals surface area contributed by atoms with Crippen LogP contribution in [-0.4, -0.2) is 42.7 Å². The first-order valence-corrected chi connectivity index (χ1v) is 13.7. The number of nitrogens with zero attached hydrogens (tertiary/aromatic N) is 1. The standard InChI is InChI=1S/C24H26N2O6S2/c1-18(19-9-13-22(14-10-19)33(3,28)29)25-24(27)17-26(20-7-5-4-6-8-20)34(30,31)23-15-11-21(32-2)12-16-23/h4-16,18H,17H2,1-3H3,(H,25,27)/t18-/m1/s1. The number of sulfone groups is 1. The maximum absolute atomic E-state index is 13.4. The van der Waals surface area contributed by atoms with E-state index >= 15 is 0 Å². The van der Waals surface area contributed by atoms with Gasteiger partial charge in [0.15, 0.2) is 9.84 Å². The summed E-state index contributed by atoms with van der Waals surface area (Å²) < 4.78 is 56.3. The van der Waals surface area contributed by atoms with E-state index in [4.69, 9.17) is 4.74 Å². The molecule has 0 radical (unpaired) electrons. The Morgan fingerprint density at radius 1 is 0.882 bits per heavy atom. The van der Waals surface area contributed by atoms with Crippen LogP contribution in [0.25, 0.3) is 0 Å². The third-order valence-electron chi connectivity index (χ3n) is 5.16. The van der Waals surface area contributed by atoms with Crippen LogP contribution in [-0.2, 0) is 24.7 Å². The average Bonchev–Trinajstić information content (AvgIpc) is 2.82. The lowest BCUT2D eigenvalue weighted by atomic mass is 10.1. The van der Waals surface area contributed by atoms with Crippen LogP contribution in [0.4, 0.5) is 5.69 Å². The highest BCUT2D eigenvalue weighted by molar-refractivity contribution is 7.93. The van der Waals surface area contributed by atoms with Gasteiger partial charge in [-0.05, 0) is 61.0 Å². The number of nitrogens with one attached hydrogen (secondary N) is 1. The molecule has 3 rings (SSSR count). The summed E-state index contributed by atoms with van der Waals surface area (Å²) in [6, 6.07) is 20.0. The molecule has 0 spiro atoms. The Morgan fingerprint density at radius 3 is 1.97 bits per heavy atom. The highest BCUT2D eigenvalue weighted by atomic mass is 32.2. The first-order valence-electron chi connectivity index (χ1n) is 10.3. The van der Waals surface area contributed by atoms with Crippen molar-refractivity contribution in [3.8, 4) is 5.75 Å². The number of ether oxygens (including phenoxy) is 1. The van der Waals surface area contributed by atoms with Gasteiger partial charge < -0.3 is 10.1 Å². The molecule has 0 heterocycles. The molecule has 0 saturated carbocycles. The van der Waals surface area contributed by atoms with Gasteiger partial charge in [-0.2, -0.15) is 0 Å². The number of para-hydroxylation sites is 1. The molecule has 180 valence electrons. The van der Waals surface area contributed by atoms with Crippen molar-refractivity contribution in [3.63, 3.8) is 0 Å². The topological polar surface area (TPSA) is 110 Å². The quantitative estimate of drug-likeness (QED) is 0.481. The zero-order valence-electron chi connectivity index (χ0n) is 19.0. The van der Waals surface area contributed by atoms with E-state index in [0.717, 1.165) is 10.6 Å². The average molecular weight is 503 g/mol. The van der Waals surface area contributed by atoms with E-state index in [1.807, 2.05) is 0 Å². The normalized spacial score (nSPS) is 12.6. The predicted octanol–water partition coefficient (Wildman–Crippen LogP) is 3.17. The molecule has 3 aromatic rings. The van der Waals surface area contributed by atoms with Crippen molar-refractivity contribution in [1.29, 1.82) is 0 Å². The molecule has 1 N–H and O–H groups in total. The summed E-state index contributed by atoms with van der Waals surface area (Å²) in [6.45, 7) is 1.29. The molecule has 1 amide bonds. The van der Waals surface area contributed by atoms with Crippen LogP contribution in [0.2, 0.25) is 0 Å². The first kappa shape index (κ1) is 25.3. The molecule has 0 aliphatic heterocycles. The third kappa shape index (κ3) is 5.95. The van der Waals surface area contributed by atoms with Crippen LogP contribution < -0.4 is 14.4 Å². The Labute approximate surface area is 200 Å². The summed E-state index contributed by atoms with van der Waals surface area (Å²) in [5.41, 5.74) is 1.03. The fraction of sp³-hybridized carbons (Fsp3) is 0.208. The largest absolute Gasteiger partial charge is 0.497 e. The van der Waals surface area contributed by atoms with Crippen LogP contribution >= 0.6 is 0 Å². The number of anilines is 1. The molecule has 34 heavy (non-hydrogen) atoms. The SMILES string of the molecule is COc1ccc(S(=O)(=O)N(CC(=O)N[C@H](C)c2ccc(S(C)(=O)=O)cc2)c2ccccc2)cc1.